The molecule has 0 saturated carbocycles. The molecule has 0 saturated heterocycles. The fourth-order valence-corrected chi connectivity index (χ4v) is 3.42. The Morgan fingerprint density at radius 1 is 1.07 bits per heavy atom. The van der Waals surface area contributed by atoms with Crippen molar-refractivity contribution in [3.8, 4) is 17.2 Å². The van der Waals surface area contributed by atoms with Crippen LogP contribution in [0.15, 0.2) is 65.4 Å². The Labute approximate surface area is 173 Å². The zero-order valence-electron chi connectivity index (χ0n) is 15.8. The van der Waals surface area contributed by atoms with Crippen LogP contribution in [0.25, 0.3) is 11.1 Å². The van der Waals surface area contributed by atoms with Crippen LogP contribution in [0, 0.1) is 11.3 Å². The molecule has 1 amide bonds. The van der Waals surface area contributed by atoms with E-state index in [0.29, 0.717) is 24.1 Å². The van der Waals surface area contributed by atoms with Gasteiger partial charge in [0.25, 0.3) is 5.91 Å². The molecular formula is C23H20N2O3S. The molecule has 5 nitrogen and oxygen atoms in total. The Balaban J connectivity index is 1.41. The summed E-state index contributed by atoms with van der Waals surface area (Å²) in [5.41, 5.74) is 3.96. The van der Waals surface area contributed by atoms with E-state index in [0.717, 1.165) is 16.7 Å². The molecule has 3 aromatic rings. The third-order valence-electron chi connectivity index (χ3n) is 4.34. The van der Waals surface area contributed by atoms with Crippen molar-refractivity contribution in [3.05, 3.63) is 82.0 Å². The van der Waals surface area contributed by atoms with E-state index in [-0.39, 0.29) is 24.9 Å². The molecule has 0 bridgehead atoms. The van der Waals surface area contributed by atoms with Gasteiger partial charge < -0.3 is 10.1 Å². The summed E-state index contributed by atoms with van der Waals surface area (Å²) in [4.78, 5) is 23.7. The predicted octanol–water partition coefficient (Wildman–Crippen LogP) is 4.54. The molecule has 0 aliphatic heterocycles. The van der Waals surface area contributed by atoms with Gasteiger partial charge in [0.05, 0.1) is 11.6 Å². The summed E-state index contributed by atoms with van der Waals surface area (Å²) < 4.78 is 5.30. The van der Waals surface area contributed by atoms with Crippen LogP contribution in [0.1, 0.15) is 34.3 Å². The molecule has 1 N–H and O–H groups in total. The van der Waals surface area contributed by atoms with E-state index in [1.807, 2.05) is 47.8 Å². The lowest BCUT2D eigenvalue weighted by Crippen LogP contribution is -2.24. The highest BCUT2D eigenvalue weighted by Crippen LogP contribution is 2.23. The molecule has 2 aromatic carbocycles. The third-order valence-corrected chi connectivity index (χ3v) is 5.02. The SMILES string of the molecule is N#Cc1ccccc1-c1ccc(COC(=O)CCCNC(=O)c2ccsc2)cc1. The zero-order valence-corrected chi connectivity index (χ0v) is 16.6. The monoisotopic (exact) mass is 404 g/mol. The normalized spacial score (nSPS) is 10.2. The van der Waals surface area contributed by atoms with E-state index in [2.05, 4.69) is 11.4 Å². The molecule has 0 fully saturated rings. The van der Waals surface area contributed by atoms with Crippen LogP contribution in [0.5, 0.6) is 0 Å². The minimum atomic E-state index is -0.298. The van der Waals surface area contributed by atoms with Crippen molar-refractivity contribution in [3.63, 3.8) is 0 Å². The molecular weight excluding hydrogens is 384 g/mol. The number of carbonyl (C=O) groups excluding carboxylic acids is 2. The molecule has 3 rings (SSSR count). The summed E-state index contributed by atoms with van der Waals surface area (Å²) >= 11 is 1.47. The number of rotatable bonds is 8. The number of esters is 1. The first kappa shape index (κ1) is 20.3. The summed E-state index contributed by atoms with van der Waals surface area (Å²) in [7, 11) is 0. The number of ether oxygens (including phenoxy) is 1. The fourth-order valence-electron chi connectivity index (χ4n) is 2.78. The number of nitrogens with zero attached hydrogens (tertiary/aromatic N) is 1. The second kappa shape index (κ2) is 10.2. The second-order valence-corrected chi connectivity index (χ2v) is 7.17. The van der Waals surface area contributed by atoms with Gasteiger partial charge in [-0.1, -0.05) is 42.5 Å². The van der Waals surface area contributed by atoms with Gasteiger partial charge in [-0.05, 0) is 40.6 Å². The van der Waals surface area contributed by atoms with Crippen LogP contribution in [0.2, 0.25) is 0 Å². The van der Waals surface area contributed by atoms with Crippen LogP contribution in [-0.4, -0.2) is 18.4 Å². The van der Waals surface area contributed by atoms with Crippen molar-refractivity contribution in [2.45, 2.75) is 19.4 Å². The van der Waals surface area contributed by atoms with Gasteiger partial charge in [0, 0.05) is 23.9 Å². The van der Waals surface area contributed by atoms with Gasteiger partial charge in [0.2, 0.25) is 0 Å². The van der Waals surface area contributed by atoms with Crippen molar-refractivity contribution in [1.82, 2.24) is 5.32 Å². The van der Waals surface area contributed by atoms with Crippen LogP contribution in [-0.2, 0) is 16.1 Å². The lowest BCUT2D eigenvalue weighted by molar-refractivity contribution is -0.145. The Morgan fingerprint density at radius 3 is 2.59 bits per heavy atom. The summed E-state index contributed by atoms with van der Waals surface area (Å²) in [6.45, 7) is 0.622. The summed E-state index contributed by atoms with van der Waals surface area (Å²) in [5.74, 6) is -0.425. The lowest BCUT2D eigenvalue weighted by atomic mass is 9.99. The van der Waals surface area contributed by atoms with Crippen molar-refractivity contribution in [1.29, 1.82) is 5.26 Å². The number of amides is 1. The minimum Gasteiger partial charge on any atom is -0.461 e. The Kier molecular flexibility index (Phi) is 7.15. The maximum absolute atomic E-state index is 11.9. The fraction of sp³-hybridized carbons (Fsp3) is 0.174. The molecule has 1 heterocycles. The Hall–Kier alpha value is -3.43. The van der Waals surface area contributed by atoms with Gasteiger partial charge >= 0.3 is 5.97 Å². The molecule has 146 valence electrons. The summed E-state index contributed by atoms with van der Waals surface area (Å²) in [5, 5.41) is 15.6. The number of nitriles is 1. The standard InChI is InChI=1S/C23H20N2O3S/c24-14-19-4-1-2-5-21(19)18-9-7-17(8-10-18)15-28-22(26)6-3-12-25-23(27)20-11-13-29-16-20/h1-2,4-5,7-11,13,16H,3,6,12,15H2,(H,25,27). The first-order chi connectivity index (χ1) is 14.2. The molecule has 1 aromatic heterocycles. The summed E-state index contributed by atoms with van der Waals surface area (Å²) in [6.07, 6.45) is 0.774. The number of hydrogen-bond acceptors (Lipinski definition) is 5. The molecule has 29 heavy (non-hydrogen) atoms. The maximum Gasteiger partial charge on any atom is 0.306 e. The topological polar surface area (TPSA) is 79.2 Å². The quantitative estimate of drug-likeness (QED) is 0.442. The average molecular weight is 404 g/mol. The van der Waals surface area contributed by atoms with Crippen LogP contribution in [0.4, 0.5) is 0 Å². The molecule has 0 unspecified atom stereocenters. The second-order valence-electron chi connectivity index (χ2n) is 6.39. The lowest BCUT2D eigenvalue weighted by Gasteiger charge is -2.08. The van der Waals surface area contributed by atoms with Crippen molar-refractivity contribution < 1.29 is 14.3 Å². The number of thiophene rings is 1. The number of nitrogens with one attached hydrogen (secondary N) is 1. The van der Waals surface area contributed by atoms with Gasteiger partial charge in [-0.25, -0.2) is 0 Å². The van der Waals surface area contributed by atoms with E-state index < -0.39 is 0 Å². The molecule has 6 heteroatoms. The highest BCUT2D eigenvalue weighted by molar-refractivity contribution is 7.08. The Morgan fingerprint density at radius 2 is 1.86 bits per heavy atom. The van der Waals surface area contributed by atoms with E-state index in [9.17, 15) is 14.9 Å². The molecule has 0 aliphatic carbocycles. The van der Waals surface area contributed by atoms with E-state index in [1.165, 1.54) is 11.3 Å². The van der Waals surface area contributed by atoms with Crippen LogP contribution >= 0.6 is 11.3 Å². The number of carbonyl (C=O) groups is 2. The van der Waals surface area contributed by atoms with Crippen LogP contribution in [0.3, 0.4) is 0 Å². The summed E-state index contributed by atoms with van der Waals surface area (Å²) in [6, 6.07) is 19.0. The average Bonchev–Trinajstić information content (AvgIpc) is 3.30. The van der Waals surface area contributed by atoms with Crippen molar-refractivity contribution in [2.24, 2.45) is 0 Å². The largest absolute Gasteiger partial charge is 0.461 e. The van der Waals surface area contributed by atoms with Gasteiger partial charge in [0.15, 0.2) is 0 Å². The molecule has 0 atom stereocenters. The van der Waals surface area contributed by atoms with E-state index in [4.69, 9.17) is 4.74 Å². The first-order valence-electron chi connectivity index (χ1n) is 9.22. The van der Waals surface area contributed by atoms with Gasteiger partial charge in [-0.2, -0.15) is 16.6 Å². The third kappa shape index (κ3) is 5.77. The van der Waals surface area contributed by atoms with Gasteiger partial charge in [-0.15, -0.1) is 0 Å². The highest BCUT2D eigenvalue weighted by atomic mass is 32.1. The molecule has 0 spiro atoms. The van der Waals surface area contributed by atoms with Gasteiger partial charge in [0.1, 0.15) is 6.61 Å². The highest BCUT2D eigenvalue weighted by Gasteiger charge is 2.08. The van der Waals surface area contributed by atoms with Crippen molar-refractivity contribution >= 4 is 23.2 Å². The number of hydrogen-bond donors (Lipinski definition) is 1. The number of benzene rings is 2. The Bertz CT molecular complexity index is 1010. The van der Waals surface area contributed by atoms with E-state index in [1.54, 1.807) is 17.5 Å². The predicted molar refractivity (Wildman–Crippen MR) is 112 cm³/mol. The minimum absolute atomic E-state index is 0.127. The smallest absolute Gasteiger partial charge is 0.306 e. The zero-order chi connectivity index (χ0) is 20.5. The molecule has 0 radical (unpaired) electrons. The van der Waals surface area contributed by atoms with E-state index >= 15 is 0 Å². The molecule has 0 aliphatic rings. The van der Waals surface area contributed by atoms with Crippen LogP contribution < -0.4 is 5.32 Å². The van der Waals surface area contributed by atoms with Gasteiger partial charge in [-0.3, -0.25) is 9.59 Å². The first-order valence-corrected chi connectivity index (χ1v) is 10.2. The maximum atomic E-state index is 11.9. The van der Waals surface area contributed by atoms with Crippen molar-refractivity contribution in [2.75, 3.05) is 6.54 Å².